The van der Waals surface area contributed by atoms with Gasteiger partial charge in [-0.15, -0.1) is 0 Å². The van der Waals surface area contributed by atoms with Crippen LogP contribution in [0.1, 0.15) is 26.0 Å². The van der Waals surface area contributed by atoms with Crippen LogP contribution in [-0.4, -0.2) is 16.5 Å². The summed E-state index contributed by atoms with van der Waals surface area (Å²) in [5, 5.41) is 4.45. The molecule has 1 aromatic carbocycles. The number of fused-ring (bicyclic) bond motifs is 1. The van der Waals surface area contributed by atoms with E-state index in [1.54, 1.807) is 6.33 Å². The number of rotatable bonds is 5. The Morgan fingerprint density at radius 1 is 1.14 bits per heavy atom. The van der Waals surface area contributed by atoms with Crippen LogP contribution in [0, 0.1) is 12.8 Å². The zero-order valence-electron chi connectivity index (χ0n) is 13.3. The van der Waals surface area contributed by atoms with Gasteiger partial charge in [-0.25, -0.2) is 9.97 Å². The van der Waals surface area contributed by atoms with Gasteiger partial charge in [0.25, 0.3) is 0 Å². The quantitative estimate of drug-likeness (QED) is 0.744. The number of anilines is 1. The van der Waals surface area contributed by atoms with E-state index in [2.05, 4.69) is 35.2 Å². The van der Waals surface area contributed by atoms with E-state index >= 15 is 0 Å². The van der Waals surface area contributed by atoms with Crippen LogP contribution in [0.15, 0.2) is 41.1 Å². The van der Waals surface area contributed by atoms with E-state index in [9.17, 15) is 0 Å². The monoisotopic (exact) mass is 295 g/mol. The molecule has 0 saturated carbocycles. The molecule has 3 aromatic rings. The van der Waals surface area contributed by atoms with Crippen molar-refractivity contribution in [2.45, 2.75) is 27.2 Å². The lowest BCUT2D eigenvalue weighted by atomic mass is 10.1. The topological polar surface area (TPSA) is 51.0 Å². The Morgan fingerprint density at radius 3 is 2.73 bits per heavy atom. The Bertz CT molecular complexity index is 777. The molecule has 0 atom stereocenters. The third-order valence-electron chi connectivity index (χ3n) is 3.67. The van der Waals surface area contributed by atoms with Gasteiger partial charge in [-0.05, 0) is 49.6 Å². The molecule has 0 unspecified atom stereocenters. The predicted molar refractivity (Wildman–Crippen MR) is 89.9 cm³/mol. The molecule has 3 rings (SSSR count). The molecule has 4 heteroatoms. The highest BCUT2D eigenvalue weighted by Gasteiger charge is 2.08. The van der Waals surface area contributed by atoms with Gasteiger partial charge >= 0.3 is 0 Å². The number of hydrogen-bond acceptors (Lipinski definition) is 4. The van der Waals surface area contributed by atoms with E-state index in [0.29, 0.717) is 5.92 Å². The molecule has 1 N–H and O–H groups in total. The molecule has 114 valence electrons. The molecule has 0 spiro atoms. The minimum Gasteiger partial charge on any atom is -0.461 e. The largest absolute Gasteiger partial charge is 0.461 e. The summed E-state index contributed by atoms with van der Waals surface area (Å²) in [5.41, 5.74) is 1.98. The summed E-state index contributed by atoms with van der Waals surface area (Å²) >= 11 is 0. The fourth-order valence-corrected chi connectivity index (χ4v) is 2.42. The van der Waals surface area contributed by atoms with Crippen LogP contribution in [0.25, 0.3) is 22.2 Å². The second-order valence-corrected chi connectivity index (χ2v) is 5.97. The lowest BCUT2D eigenvalue weighted by molar-refractivity contribution is 0.548. The molecular weight excluding hydrogens is 274 g/mol. The van der Waals surface area contributed by atoms with E-state index in [4.69, 9.17) is 4.42 Å². The number of aromatic nitrogens is 2. The molecule has 0 amide bonds. The third-order valence-corrected chi connectivity index (χ3v) is 3.67. The van der Waals surface area contributed by atoms with Crippen LogP contribution >= 0.6 is 0 Å². The Balaban J connectivity index is 1.95. The molecule has 2 heterocycles. The second-order valence-electron chi connectivity index (χ2n) is 5.97. The summed E-state index contributed by atoms with van der Waals surface area (Å²) in [4.78, 5) is 8.73. The molecule has 4 nitrogen and oxygen atoms in total. The summed E-state index contributed by atoms with van der Waals surface area (Å²) in [6, 6.07) is 10.1. The maximum Gasteiger partial charge on any atom is 0.137 e. The van der Waals surface area contributed by atoms with Crippen molar-refractivity contribution in [1.82, 2.24) is 9.97 Å². The average Bonchev–Trinajstić information content (AvgIpc) is 2.93. The molecule has 0 aliphatic carbocycles. The van der Waals surface area contributed by atoms with Crippen molar-refractivity contribution in [1.29, 1.82) is 0 Å². The van der Waals surface area contributed by atoms with Crippen LogP contribution in [0.4, 0.5) is 5.82 Å². The fraction of sp³-hybridized carbons (Fsp3) is 0.333. The Hall–Kier alpha value is -2.36. The number of furan rings is 1. The lowest BCUT2D eigenvalue weighted by Gasteiger charge is -2.10. The Labute approximate surface area is 130 Å². The van der Waals surface area contributed by atoms with Gasteiger partial charge in [-0.3, -0.25) is 0 Å². The average molecular weight is 295 g/mol. The van der Waals surface area contributed by atoms with Gasteiger partial charge < -0.3 is 9.73 Å². The molecule has 22 heavy (non-hydrogen) atoms. The third kappa shape index (κ3) is 3.11. The van der Waals surface area contributed by atoms with Gasteiger partial charge in [0.2, 0.25) is 0 Å². The van der Waals surface area contributed by atoms with E-state index < -0.39 is 0 Å². The summed E-state index contributed by atoms with van der Waals surface area (Å²) in [5.74, 6) is 3.34. The first-order valence-electron chi connectivity index (χ1n) is 7.69. The van der Waals surface area contributed by atoms with E-state index in [1.165, 1.54) is 0 Å². The molecule has 0 bridgehead atoms. The standard InChI is InChI=1S/C18H21N3O/c1-12(2)8-9-19-18-15-10-14(17-7-4-13(3)22-17)5-6-16(15)20-11-21-18/h4-7,10-12H,8-9H2,1-3H3,(H,19,20,21). The highest BCUT2D eigenvalue weighted by molar-refractivity contribution is 5.92. The number of benzene rings is 1. The Kier molecular flexibility index (Phi) is 4.09. The molecular formula is C18H21N3O. The van der Waals surface area contributed by atoms with Crippen LogP contribution in [0.2, 0.25) is 0 Å². The van der Waals surface area contributed by atoms with Crippen LogP contribution in [-0.2, 0) is 0 Å². The molecule has 0 fully saturated rings. The molecule has 0 radical (unpaired) electrons. The minimum absolute atomic E-state index is 0.669. The number of hydrogen-bond donors (Lipinski definition) is 1. The maximum absolute atomic E-state index is 5.71. The van der Waals surface area contributed by atoms with Gasteiger partial charge in [0.1, 0.15) is 23.7 Å². The van der Waals surface area contributed by atoms with Crippen molar-refractivity contribution in [2.24, 2.45) is 5.92 Å². The predicted octanol–water partition coefficient (Wildman–Crippen LogP) is 4.66. The van der Waals surface area contributed by atoms with Gasteiger partial charge in [0.15, 0.2) is 0 Å². The minimum atomic E-state index is 0.669. The van der Waals surface area contributed by atoms with Gasteiger partial charge in [0, 0.05) is 17.5 Å². The van der Waals surface area contributed by atoms with Crippen LogP contribution in [0.3, 0.4) is 0 Å². The second kappa shape index (κ2) is 6.18. The number of nitrogens with one attached hydrogen (secondary N) is 1. The van der Waals surface area contributed by atoms with Crippen LogP contribution < -0.4 is 5.32 Å². The van der Waals surface area contributed by atoms with Crippen molar-refractivity contribution >= 4 is 16.7 Å². The first-order chi connectivity index (χ1) is 10.6. The normalized spacial score (nSPS) is 11.3. The van der Waals surface area contributed by atoms with E-state index in [-0.39, 0.29) is 0 Å². The van der Waals surface area contributed by atoms with E-state index in [0.717, 1.165) is 46.8 Å². The van der Waals surface area contributed by atoms with Gasteiger partial charge in [0.05, 0.1) is 5.52 Å². The zero-order valence-corrected chi connectivity index (χ0v) is 13.3. The van der Waals surface area contributed by atoms with Crippen molar-refractivity contribution in [3.05, 3.63) is 42.4 Å². The molecule has 0 aliphatic rings. The first-order valence-corrected chi connectivity index (χ1v) is 7.69. The summed E-state index contributed by atoms with van der Waals surface area (Å²) in [6.45, 7) is 7.30. The van der Waals surface area contributed by atoms with E-state index in [1.807, 2.05) is 31.2 Å². The maximum atomic E-state index is 5.71. The fourth-order valence-electron chi connectivity index (χ4n) is 2.42. The number of aryl methyl sites for hydroxylation is 1. The molecule has 0 saturated heterocycles. The van der Waals surface area contributed by atoms with Crippen molar-refractivity contribution in [3.63, 3.8) is 0 Å². The smallest absolute Gasteiger partial charge is 0.137 e. The van der Waals surface area contributed by atoms with Crippen LogP contribution in [0.5, 0.6) is 0 Å². The summed E-state index contributed by atoms with van der Waals surface area (Å²) < 4.78 is 5.71. The lowest BCUT2D eigenvalue weighted by Crippen LogP contribution is -2.06. The van der Waals surface area contributed by atoms with Crippen molar-refractivity contribution < 1.29 is 4.42 Å². The SMILES string of the molecule is Cc1ccc(-c2ccc3ncnc(NCCC(C)C)c3c2)o1. The van der Waals surface area contributed by atoms with Crippen molar-refractivity contribution in [3.8, 4) is 11.3 Å². The van der Waals surface area contributed by atoms with Gasteiger partial charge in [-0.1, -0.05) is 13.8 Å². The molecule has 0 aliphatic heterocycles. The zero-order chi connectivity index (χ0) is 15.5. The Morgan fingerprint density at radius 2 is 2.00 bits per heavy atom. The van der Waals surface area contributed by atoms with Gasteiger partial charge in [-0.2, -0.15) is 0 Å². The van der Waals surface area contributed by atoms with Crippen molar-refractivity contribution in [2.75, 3.05) is 11.9 Å². The summed E-state index contributed by atoms with van der Waals surface area (Å²) in [6.07, 6.45) is 2.72. The number of nitrogens with zero attached hydrogens (tertiary/aromatic N) is 2. The first kappa shape index (κ1) is 14.6. The summed E-state index contributed by atoms with van der Waals surface area (Å²) in [7, 11) is 0. The highest BCUT2D eigenvalue weighted by Crippen LogP contribution is 2.28. The molecule has 2 aromatic heterocycles. The highest BCUT2D eigenvalue weighted by atomic mass is 16.3.